The first-order chi connectivity index (χ1) is 17.0. The third kappa shape index (κ3) is 4.31. The summed E-state index contributed by atoms with van der Waals surface area (Å²) in [5, 5.41) is 11.1. The lowest BCUT2D eigenvalue weighted by Crippen LogP contribution is -2.18. The fourth-order valence-electron chi connectivity index (χ4n) is 4.18. The molecule has 3 aromatic carbocycles. The van der Waals surface area contributed by atoms with Gasteiger partial charge < -0.3 is 4.42 Å². The van der Waals surface area contributed by atoms with Crippen molar-refractivity contribution in [3.63, 3.8) is 0 Å². The lowest BCUT2D eigenvalue weighted by atomic mass is 9.99. The van der Waals surface area contributed by atoms with Gasteiger partial charge in [0.1, 0.15) is 5.58 Å². The Labute approximate surface area is 218 Å². The van der Waals surface area contributed by atoms with Crippen LogP contribution in [0, 0.1) is 0 Å². The van der Waals surface area contributed by atoms with E-state index in [1.165, 1.54) is 11.3 Å². The van der Waals surface area contributed by atoms with Crippen molar-refractivity contribution in [3.05, 3.63) is 115 Å². The normalized spacial score (nSPS) is 15.5. The molecule has 3 heterocycles. The number of benzene rings is 3. The Bertz CT molecular complexity index is 1630. The molecule has 35 heavy (non-hydrogen) atoms. The van der Waals surface area contributed by atoms with Crippen LogP contribution in [-0.4, -0.2) is 10.7 Å². The average molecular weight is 563 g/mol. The van der Waals surface area contributed by atoms with Crippen molar-refractivity contribution < 1.29 is 4.42 Å². The first-order valence-electron chi connectivity index (χ1n) is 10.9. The van der Waals surface area contributed by atoms with Gasteiger partial charge in [-0.2, -0.15) is 5.10 Å². The van der Waals surface area contributed by atoms with Crippen molar-refractivity contribution in [3.8, 4) is 11.3 Å². The van der Waals surface area contributed by atoms with Crippen LogP contribution in [0.5, 0.6) is 0 Å². The number of hydrazone groups is 1. The zero-order valence-corrected chi connectivity index (χ0v) is 21.3. The fourth-order valence-corrected chi connectivity index (χ4v) is 5.40. The van der Waals surface area contributed by atoms with Crippen molar-refractivity contribution in [2.24, 2.45) is 5.10 Å². The van der Waals surface area contributed by atoms with Crippen molar-refractivity contribution in [2.75, 3.05) is 5.01 Å². The molecule has 0 saturated heterocycles. The minimum Gasteiger partial charge on any atom is -0.422 e. The largest absolute Gasteiger partial charge is 0.422 e. The first kappa shape index (κ1) is 22.2. The molecule has 0 N–H and O–H groups in total. The van der Waals surface area contributed by atoms with Crippen LogP contribution in [0.25, 0.3) is 22.2 Å². The standard InChI is InChI=1S/C27H17BrClN3O2S/c28-19-9-5-16(6-10-19)23-15-35-27(30-23)32-24(17-7-11-20(29)12-8-17)14-22(31-32)21-13-18-3-1-2-4-25(18)34-26(21)33/h1-13,15,24H,14H2. The maximum Gasteiger partial charge on any atom is 0.345 e. The molecule has 8 heteroatoms. The van der Waals surface area contributed by atoms with Crippen molar-refractivity contribution in [2.45, 2.75) is 12.5 Å². The van der Waals surface area contributed by atoms with Gasteiger partial charge in [0.2, 0.25) is 5.13 Å². The Morgan fingerprint density at radius 2 is 1.80 bits per heavy atom. The van der Waals surface area contributed by atoms with Crippen molar-refractivity contribution in [1.82, 2.24) is 4.98 Å². The molecule has 1 aliphatic heterocycles. The molecule has 0 amide bonds. The van der Waals surface area contributed by atoms with E-state index in [-0.39, 0.29) is 6.04 Å². The number of aromatic nitrogens is 1. The fraction of sp³-hybridized carbons (Fsp3) is 0.0741. The molecule has 0 aliphatic carbocycles. The quantitative estimate of drug-likeness (QED) is 0.211. The highest BCUT2D eigenvalue weighted by Crippen LogP contribution is 2.39. The van der Waals surface area contributed by atoms with Gasteiger partial charge in [0, 0.05) is 32.2 Å². The van der Waals surface area contributed by atoms with Gasteiger partial charge in [0.25, 0.3) is 0 Å². The minimum atomic E-state index is -0.395. The van der Waals surface area contributed by atoms with E-state index >= 15 is 0 Å². The molecule has 5 nitrogen and oxygen atoms in total. The summed E-state index contributed by atoms with van der Waals surface area (Å²) in [4.78, 5) is 17.7. The number of para-hydroxylation sites is 1. The molecule has 1 atom stereocenters. The molecule has 0 saturated carbocycles. The molecule has 2 aromatic heterocycles. The molecular formula is C27H17BrClN3O2S. The number of thiazole rings is 1. The summed E-state index contributed by atoms with van der Waals surface area (Å²) in [7, 11) is 0. The second-order valence-corrected chi connectivity index (χ2v) is 10.4. The monoisotopic (exact) mass is 561 g/mol. The number of nitrogens with zero attached hydrogens (tertiary/aromatic N) is 3. The zero-order chi connectivity index (χ0) is 23.9. The lowest BCUT2D eigenvalue weighted by molar-refractivity contribution is 0.559. The summed E-state index contributed by atoms with van der Waals surface area (Å²) in [6.45, 7) is 0. The average Bonchev–Trinajstić information content (AvgIpc) is 3.52. The van der Waals surface area contributed by atoms with Gasteiger partial charge in [-0.3, -0.25) is 0 Å². The number of rotatable bonds is 4. The van der Waals surface area contributed by atoms with Crippen LogP contribution in [0.3, 0.4) is 0 Å². The molecule has 0 radical (unpaired) electrons. The third-order valence-electron chi connectivity index (χ3n) is 5.95. The highest BCUT2D eigenvalue weighted by molar-refractivity contribution is 9.10. The van der Waals surface area contributed by atoms with E-state index in [4.69, 9.17) is 26.1 Å². The van der Waals surface area contributed by atoms with Gasteiger partial charge in [-0.25, -0.2) is 14.8 Å². The molecule has 1 unspecified atom stereocenters. The predicted molar refractivity (Wildman–Crippen MR) is 146 cm³/mol. The van der Waals surface area contributed by atoms with Crippen LogP contribution >= 0.6 is 38.9 Å². The molecule has 6 rings (SSSR count). The Kier molecular flexibility index (Phi) is 5.76. The molecular weight excluding hydrogens is 546 g/mol. The Hall–Kier alpha value is -3.26. The molecule has 0 fully saturated rings. The third-order valence-corrected chi connectivity index (χ3v) is 7.56. The summed E-state index contributed by atoms with van der Waals surface area (Å²) < 4.78 is 6.60. The topological polar surface area (TPSA) is 58.7 Å². The summed E-state index contributed by atoms with van der Waals surface area (Å²) >= 11 is 11.1. The summed E-state index contributed by atoms with van der Waals surface area (Å²) in [5.41, 5.74) is 4.25. The Morgan fingerprint density at radius 3 is 2.60 bits per heavy atom. The van der Waals surface area contributed by atoms with Crippen LogP contribution < -0.4 is 10.6 Å². The number of fused-ring (bicyclic) bond motifs is 1. The highest BCUT2D eigenvalue weighted by Gasteiger charge is 2.33. The van der Waals surface area contributed by atoms with E-state index in [9.17, 15) is 4.79 Å². The molecule has 172 valence electrons. The van der Waals surface area contributed by atoms with E-state index in [0.29, 0.717) is 28.3 Å². The summed E-state index contributed by atoms with van der Waals surface area (Å²) in [6, 6.07) is 25.0. The van der Waals surface area contributed by atoms with Crippen LogP contribution in [0.2, 0.25) is 5.02 Å². The van der Waals surface area contributed by atoms with Crippen LogP contribution in [-0.2, 0) is 0 Å². The summed E-state index contributed by atoms with van der Waals surface area (Å²) in [5.74, 6) is 0. The smallest absolute Gasteiger partial charge is 0.345 e. The second-order valence-electron chi connectivity index (χ2n) is 8.17. The molecule has 0 bridgehead atoms. The number of hydrogen-bond acceptors (Lipinski definition) is 6. The van der Waals surface area contributed by atoms with E-state index in [0.717, 1.165) is 31.8 Å². The van der Waals surface area contributed by atoms with Gasteiger partial charge in [-0.15, -0.1) is 11.3 Å². The predicted octanol–water partition coefficient (Wildman–Crippen LogP) is 7.69. The van der Waals surface area contributed by atoms with Crippen LogP contribution in [0.15, 0.2) is 103 Å². The zero-order valence-electron chi connectivity index (χ0n) is 18.2. The molecule has 1 aliphatic rings. The maximum absolute atomic E-state index is 12.9. The van der Waals surface area contributed by atoms with Crippen LogP contribution in [0.1, 0.15) is 23.6 Å². The van der Waals surface area contributed by atoms with E-state index in [2.05, 4.69) is 15.9 Å². The van der Waals surface area contributed by atoms with E-state index in [1.807, 2.05) is 83.2 Å². The highest BCUT2D eigenvalue weighted by atomic mass is 79.9. The Balaban J connectivity index is 1.43. The molecule has 5 aromatic rings. The van der Waals surface area contributed by atoms with Crippen molar-refractivity contribution >= 4 is 60.7 Å². The van der Waals surface area contributed by atoms with Gasteiger partial charge in [-0.05, 0) is 42.0 Å². The van der Waals surface area contributed by atoms with Crippen LogP contribution in [0.4, 0.5) is 5.13 Å². The lowest BCUT2D eigenvalue weighted by Gasteiger charge is -2.21. The molecule has 0 spiro atoms. The van der Waals surface area contributed by atoms with E-state index < -0.39 is 5.63 Å². The first-order valence-corrected chi connectivity index (χ1v) is 13.0. The van der Waals surface area contributed by atoms with Gasteiger partial charge in [0.05, 0.1) is 23.0 Å². The van der Waals surface area contributed by atoms with E-state index in [1.54, 1.807) is 6.07 Å². The summed E-state index contributed by atoms with van der Waals surface area (Å²) in [6.07, 6.45) is 0.540. The van der Waals surface area contributed by atoms with Gasteiger partial charge in [0.15, 0.2) is 0 Å². The SMILES string of the molecule is O=c1oc2ccccc2cc1C1=NN(c2nc(-c3ccc(Br)cc3)cs2)C(c2ccc(Cl)cc2)C1. The van der Waals surface area contributed by atoms with Crippen molar-refractivity contribution in [1.29, 1.82) is 0 Å². The second kappa shape index (κ2) is 9.07. The number of anilines is 1. The maximum atomic E-state index is 12.9. The van der Waals surface area contributed by atoms with Gasteiger partial charge >= 0.3 is 5.63 Å². The minimum absolute atomic E-state index is 0.128. The number of hydrogen-bond donors (Lipinski definition) is 0. The number of halogens is 2. The van der Waals surface area contributed by atoms with Gasteiger partial charge in [-0.1, -0.05) is 70.0 Å². The Morgan fingerprint density at radius 1 is 1.03 bits per heavy atom.